The van der Waals surface area contributed by atoms with Crippen LogP contribution in [0.3, 0.4) is 0 Å². The monoisotopic (exact) mass is 204 g/mol. The second-order valence-corrected chi connectivity index (χ2v) is 3.32. The maximum absolute atomic E-state index is 11.5. The van der Waals surface area contributed by atoms with E-state index in [-0.39, 0.29) is 5.56 Å². The zero-order chi connectivity index (χ0) is 10.8. The minimum Gasteiger partial charge on any atom is -0.313 e. The van der Waals surface area contributed by atoms with E-state index in [2.05, 4.69) is 15.1 Å². The van der Waals surface area contributed by atoms with Crippen LogP contribution in [0.4, 0.5) is 0 Å². The summed E-state index contributed by atoms with van der Waals surface area (Å²) >= 11 is 0. The normalized spacial score (nSPS) is 10.5. The molecule has 0 aliphatic rings. The first-order chi connectivity index (χ1) is 7.22. The summed E-state index contributed by atoms with van der Waals surface area (Å²) < 4.78 is 1.69. The van der Waals surface area contributed by atoms with E-state index in [1.165, 1.54) is 6.33 Å². The molecule has 0 saturated carbocycles. The molecule has 0 bridgehead atoms. The number of H-pyrrole nitrogens is 1. The Bertz CT molecular complexity index is 526. The molecule has 0 spiro atoms. The molecule has 5 nitrogen and oxygen atoms in total. The fraction of sp³-hybridized carbons (Fsp3) is 0.300. The standard InChI is InChI=1S/C10H12N4O/c1-3-8-9(11-6-12-10(8)15)7-4-13-14(2)5-7/h4-6H,3H2,1-2H3,(H,11,12,15). The van der Waals surface area contributed by atoms with E-state index < -0.39 is 0 Å². The summed E-state index contributed by atoms with van der Waals surface area (Å²) in [6, 6.07) is 0. The summed E-state index contributed by atoms with van der Waals surface area (Å²) in [4.78, 5) is 18.3. The molecule has 0 amide bonds. The molecule has 0 aliphatic heterocycles. The zero-order valence-corrected chi connectivity index (χ0v) is 8.69. The lowest BCUT2D eigenvalue weighted by Gasteiger charge is -2.01. The first-order valence-corrected chi connectivity index (χ1v) is 4.78. The van der Waals surface area contributed by atoms with E-state index in [1.807, 2.05) is 20.2 Å². The third-order valence-corrected chi connectivity index (χ3v) is 2.28. The third-order valence-electron chi connectivity index (χ3n) is 2.28. The Morgan fingerprint density at radius 3 is 2.93 bits per heavy atom. The number of nitrogens with zero attached hydrogens (tertiary/aromatic N) is 3. The molecule has 0 radical (unpaired) electrons. The van der Waals surface area contributed by atoms with Gasteiger partial charge in [0.25, 0.3) is 5.56 Å². The SMILES string of the molecule is CCc1c(-c2cnn(C)c2)nc[nH]c1=O. The Morgan fingerprint density at radius 2 is 2.33 bits per heavy atom. The smallest absolute Gasteiger partial charge is 0.254 e. The van der Waals surface area contributed by atoms with Crippen LogP contribution in [0.15, 0.2) is 23.5 Å². The molecule has 0 aliphatic carbocycles. The van der Waals surface area contributed by atoms with Gasteiger partial charge in [0.15, 0.2) is 0 Å². The van der Waals surface area contributed by atoms with Gasteiger partial charge in [-0.25, -0.2) is 4.98 Å². The predicted molar refractivity (Wildman–Crippen MR) is 56.4 cm³/mol. The highest BCUT2D eigenvalue weighted by molar-refractivity contribution is 5.60. The minimum atomic E-state index is -0.0775. The van der Waals surface area contributed by atoms with Crippen LogP contribution < -0.4 is 5.56 Å². The summed E-state index contributed by atoms with van der Waals surface area (Å²) in [7, 11) is 1.84. The largest absolute Gasteiger partial charge is 0.313 e. The average Bonchev–Trinajstić information content (AvgIpc) is 2.64. The molecular formula is C10H12N4O. The van der Waals surface area contributed by atoms with E-state index in [4.69, 9.17) is 0 Å². The van der Waals surface area contributed by atoms with Crippen molar-refractivity contribution in [2.45, 2.75) is 13.3 Å². The molecule has 1 N–H and O–H groups in total. The maximum Gasteiger partial charge on any atom is 0.254 e. The van der Waals surface area contributed by atoms with Crippen molar-refractivity contribution >= 4 is 0 Å². The molecule has 78 valence electrons. The number of rotatable bonds is 2. The van der Waals surface area contributed by atoms with Gasteiger partial charge in [-0.05, 0) is 6.42 Å². The highest BCUT2D eigenvalue weighted by atomic mass is 16.1. The Labute approximate surface area is 86.8 Å². The summed E-state index contributed by atoms with van der Waals surface area (Å²) in [5, 5.41) is 4.06. The van der Waals surface area contributed by atoms with Gasteiger partial charge in [-0.15, -0.1) is 0 Å². The van der Waals surface area contributed by atoms with E-state index >= 15 is 0 Å². The van der Waals surface area contributed by atoms with Crippen molar-refractivity contribution in [3.05, 3.63) is 34.6 Å². The van der Waals surface area contributed by atoms with Crippen molar-refractivity contribution in [3.63, 3.8) is 0 Å². The second-order valence-electron chi connectivity index (χ2n) is 3.32. The van der Waals surface area contributed by atoms with Gasteiger partial charge in [-0.3, -0.25) is 9.48 Å². The van der Waals surface area contributed by atoms with Gasteiger partial charge in [0, 0.05) is 24.4 Å². The summed E-state index contributed by atoms with van der Waals surface area (Å²) in [5.41, 5.74) is 2.21. The van der Waals surface area contributed by atoms with E-state index in [0.29, 0.717) is 17.7 Å². The molecule has 0 atom stereocenters. The molecule has 0 unspecified atom stereocenters. The fourth-order valence-electron chi connectivity index (χ4n) is 1.55. The molecule has 15 heavy (non-hydrogen) atoms. The van der Waals surface area contributed by atoms with Crippen LogP contribution in [0.1, 0.15) is 12.5 Å². The number of aromatic amines is 1. The number of nitrogens with one attached hydrogen (secondary N) is 1. The molecule has 0 aromatic carbocycles. The summed E-state index contributed by atoms with van der Waals surface area (Å²) in [6.07, 6.45) is 5.64. The van der Waals surface area contributed by atoms with Crippen molar-refractivity contribution in [1.82, 2.24) is 19.7 Å². The van der Waals surface area contributed by atoms with Crippen molar-refractivity contribution in [2.75, 3.05) is 0 Å². The molecule has 2 rings (SSSR count). The van der Waals surface area contributed by atoms with Gasteiger partial charge in [0.2, 0.25) is 0 Å². The van der Waals surface area contributed by atoms with Crippen LogP contribution in [0.5, 0.6) is 0 Å². The van der Waals surface area contributed by atoms with Crippen LogP contribution >= 0.6 is 0 Å². The lowest BCUT2D eigenvalue weighted by molar-refractivity contribution is 0.768. The number of hydrogen-bond donors (Lipinski definition) is 1. The third kappa shape index (κ3) is 1.68. The topological polar surface area (TPSA) is 63.6 Å². The Kier molecular flexibility index (Phi) is 2.37. The van der Waals surface area contributed by atoms with Crippen molar-refractivity contribution in [2.24, 2.45) is 7.05 Å². The van der Waals surface area contributed by atoms with Crippen LogP contribution in [-0.2, 0) is 13.5 Å². The summed E-state index contributed by atoms with van der Waals surface area (Å²) in [6.45, 7) is 1.94. The van der Waals surface area contributed by atoms with Crippen LogP contribution in [0, 0.1) is 0 Å². The molecule has 0 saturated heterocycles. The van der Waals surface area contributed by atoms with Gasteiger partial charge in [-0.1, -0.05) is 6.92 Å². The number of aromatic nitrogens is 4. The fourth-order valence-corrected chi connectivity index (χ4v) is 1.55. The highest BCUT2D eigenvalue weighted by Crippen LogP contribution is 2.17. The van der Waals surface area contributed by atoms with Gasteiger partial charge in [0.05, 0.1) is 18.2 Å². The van der Waals surface area contributed by atoms with E-state index in [1.54, 1.807) is 10.9 Å². The average molecular weight is 204 g/mol. The van der Waals surface area contributed by atoms with E-state index in [0.717, 1.165) is 5.56 Å². The number of aryl methyl sites for hydroxylation is 1. The molecular weight excluding hydrogens is 192 g/mol. The Balaban J connectivity index is 2.62. The van der Waals surface area contributed by atoms with Crippen LogP contribution in [0.25, 0.3) is 11.3 Å². The molecule has 0 fully saturated rings. The number of hydrogen-bond acceptors (Lipinski definition) is 3. The molecule has 2 aromatic heterocycles. The molecule has 2 aromatic rings. The molecule has 2 heterocycles. The summed E-state index contributed by atoms with van der Waals surface area (Å²) in [5.74, 6) is 0. The first kappa shape index (κ1) is 9.64. The zero-order valence-electron chi connectivity index (χ0n) is 8.69. The minimum absolute atomic E-state index is 0.0775. The van der Waals surface area contributed by atoms with Gasteiger partial charge >= 0.3 is 0 Å². The second kappa shape index (κ2) is 3.68. The van der Waals surface area contributed by atoms with Gasteiger partial charge in [0.1, 0.15) is 0 Å². The van der Waals surface area contributed by atoms with Crippen LogP contribution in [-0.4, -0.2) is 19.7 Å². The van der Waals surface area contributed by atoms with Crippen molar-refractivity contribution < 1.29 is 0 Å². The maximum atomic E-state index is 11.5. The first-order valence-electron chi connectivity index (χ1n) is 4.78. The Hall–Kier alpha value is -1.91. The quantitative estimate of drug-likeness (QED) is 0.784. The van der Waals surface area contributed by atoms with Crippen LogP contribution in [0.2, 0.25) is 0 Å². The van der Waals surface area contributed by atoms with E-state index in [9.17, 15) is 4.79 Å². The highest BCUT2D eigenvalue weighted by Gasteiger charge is 2.09. The lowest BCUT2D eigenvalue weighted by Crippen LogP contribution is -2.13. The predicted octanol–water partition coefficient (Wildman–Crippen LogP) is 0.733. The Morgan fingerprint density at radius 1 is 1.53 bits per heavy atom. The van der Waals surface area contributed by atoms with Gasteiger partial charge < -0.3 is 4.98 Å². The molecule has 5 heteroatoms. The van der Waals surface area contributed by atoms with Crippen molar-refractivity contribution in [3.8, 4) is 11.3 Å². The van der Waals surface area contributed by atoms with Gasteiger partial charge in [-0.2, -0.15) is 5.10 Å². The van der Waals surface area contributed by atoms with Crippen molar-refractivity contribution in [1.29, 1.82) is 0 Å². The lowest BCUT2D eigenvalue weighted by atomic mass is 10.1.